The Morgan fingerprint density at radius 3 is 2.83 bits per heavy atom. The molecule has 0 aromatic rings. The minimum absolute atomic E-state index is 0.963. The van der Waals surface area contributed by atoms with E-state index in [0.29, 0.717) is 0 Å². The van der Waals surface area contributed by atoms with Crippen molar-refractivity contribution in [3.8, 4) is 0 Å². The third-order valence-corrected chi connectivity index (χ3v) is 3.03. The molecular formula is C17H25N. The van der Waals surface area contributed by atoms with Gasteiger partial charge in [-0.15, -0.1) is 0 Å². The molecule has 0 atom stereocenters. The maximum absolute atomic E-state index is 4.05. The second kappa shape index (κ2) is 7.75. The molecule has 0 aromatic heterocycles. The van der Waals surface area contributed by atoms with Crippen LogP contribution in [0.15, 0.2) is 59.5 Å². The largest absolute Gasteiger partial charge is 0.356 e. The van der Waals surface area contributed by atoms with Crippen LogP contribution in [0.1, 0.15) is 46.5 Å². The smallest absolute Gasteiger partial charge is 0.0413 e. The molecule has 0 fully saturated rings. The van der Waals surface area contributed by atoms with Crippen LogP contribution in [0.3, 0.4) is 0 Å². The van der Waals surface area contributed by atoms with E-state index in [9.17, 15) is 0 Å². The summed E-state index contributed by atoms with van der Waals surface area (Å²) in [5, 5.41) is 3.41. The molecule has 0 unspecified atom stereocenters. The molecule has 18 heavy (non-hydrogen) atoms. The van der Waals surface area contributed by atoms with Gasteiger partial charge in [-0.05, 0) is 50.3 Å². The summed E-state index contributed by atoms with van der Waals surface area (Å²) >= 11 is 0. The summed E-state index contributed by atoms with van der Waals surface area (Å²) in [4.78, 5) is 0. The van der Waals surface area contributed by atoms with Crippen LogP contribution >= 0.6 is 0 Å². The molecule has 1 aliphatic heterocycles. The minimum atomic E-state index is 0.963. The van der Waals surface area contributed by atoms with Gasteiger partial charge in [0.05, 0.1) is 0 Å². The lowest BCUT2D eigenvalue weighted by molar-refractivity contribution is 0.933. The van der Waals surface area contributed by atoms with E-state index < -0.39 is 0 Å². The van der Waals surface area contributed by atoms with Crippen LogP contribution in [0.4, 0.5) is 0 Å². The second-order valence-corrected chi connectivity index (χ2v) is 4.68. The molecule has 0 saturated carbocycles. The van der Waals surface area contributed by atoms with Crippen molar-refractivity contribution in [3.05, 3.63) is 59.5 Å². The van der Waals surface area contributed by atoms with Gasteiger partial charge in [0.25, 0.3) is 0 Å². The normalized spacial score (nSPS) is 25.5. The standard InChI is InChI=1S/C17H25N/c1-5-9-16(6-2)17-13-12-14(3)10-7-8-11-15(4)18-17/h8-9,11-13,18H,4-7,10H2,1-3H3/b11-8-,14-12-,16-9-,17-13-. The van der Waals surface area contributed by atoms with Gasteiger partial charge in [-0.25, -0.2) is 0 Å². The van der Waals surface area contributed by atoms with Crippen LogP contribution < -0.4 is 5.32 Å². The van der Waals surface area contributed by atoms with E-state index in [-0.39, 0.29) is 0 Å². The van der Waals surface area contributed by atoms with Gasteiger partial charge in [-0.1, -0.05) is 44.2 Å². The van der Waals surface area contributed by atoms with E-state index in [2.05, 4.69) is 63.0 Å². The average molecular weight is 243 g/mol. The molecule has 0 amide bonds. The fraction of sp³-hybridized carbons (Fsp3) is 0.412. The van der Waals surface area contributed by atoms with Gasteiger partial charge < -0.3 is 5.32 Å². The van der Waals surface area contributed by atoms with Crippen molar-refractivity contribution >= 4 is 0 Å². The van der Waals surface area contributed by atoms with E-state index in [1.165, 1.54) is 16.8 Å². The molecule has 0 bridgehead atoms. The van der Waals surface area contributed by atoms with E-state index in [0.717, 1.165) is 31.4 Å². The Kier molecular flexibility index (Phi) is 6.27. The zero-order valence-electron chi connectivity index (χ0n) is 11.9. The molecule has 1 N–H and O–H groups in total. The Labute approximate surface area is 112 Å². The maximum atomic E-state index is 4.05. The van der Waals surface area contributed by atoms with Gasteiger partial charge in [0.2, 0.25) is 0 Å². The van der Waals surface area contributed by atoms with Gasteiger partial charge in [-0.3, -0.25) is 0 Å². The van der Waals surface area contributed by atoms with Gasteiger partial charge >= 0.3 is 0 Å². The van der Waals surface area contributed by atoms with Crippen molar-refractivity contribution in [3.63, 3.8) is 0 Å². The summed E-state index contributed by atoms with van der Waals surface area (Å²) in [6.45, 7) is 10.6. The van der Waals surface area contributed by atoms with Crippen molar-refractivity contribution in [2.24, 2.45) is 0 Å². The summed E-state index contributed by atoms with van der Waals surface area (Å²) in [5.41, 5.74) is 4.91. The first kappa shape index (κ1) is 14.6. The highest BCUT2D eigenvalue weighted by Gasteiger charge is 2.03. The third kappa shape index (κ3) is 4.79. The zero-order chi connectivity index (χ0) is 13.4. The number of hydrogen-bond donors (Lipinski definition) is 1. The van der Waals surface area contributed by atoms with E-state index in [1.807, 2.05) is 0 Å². The quantitative estimate of drug-likeness (QED) is 0.734. The number of nitrogens with one attached hydrogen (secondary N) is 1. The van der Waals surface area contributed by atoms with E-state index >= 15 is 0 Å². The molecule has 1 heteroatoms. The van der Waals surface area contributed by atoms with Gasteiger partial charge in [0.1, 0.15) is 0 Å². The first-order valence-electron chi connectivity index (χ1n) is 6.86. The molecule has 0 radical (unpaired) electrons. The summed E-state index contributed by atoms with van der Waals surface area (Å²) in [6, 6.07) is 0. The molecule has 0 aliphatic carbocycles. The Morgan fingerprint density at radius 1 is 1.39 bits per heavy atom. The fourth-order valence-corrected chi connectivity index (χ4v) is 1.98. The van der Waals surface area contributed by atoms with Crippen molar-refractivity contribution in [1.29, 1.82) is 0 Å². The van der Waals surface area contributed by atoms with Crippen molar-refractivity contribution in [2.75, 3.05) is 0 Å². The Bertz CT molecular complexity index is 405. The summed E-state index contributed by atoms with van der Waals surface area (Å²) < 4.78 is 0. The molecular weight excluding hydrogens is 218 g/mol. The minimum Gasteiger partial charge on any atom is -0.356 e. The molecule has 98 valence electrons. The molecule has 1 heterocycles. The fourth-order valence-electron chi connectivity index (χ4n) is 1.98. The van der Waals surface area contributed by atoms with Crippen LogP contribution in [0.2, 0.25) is 0 Å². The average Bonchev–Trinajstić information content (AvgIpc) is 2.36. The zero-order valence-corrected chi connectivity index (χ0v) is 11.9. The number of hydrogen-bond acceptors (Lipinski definition) is 1. The van der Waals surface area contributed by atoms with Crippen LogP contribution in [-0.4, -0.2) is 0 Å². The molecule has 0 spiro atoms. The highest BCUT2D eigenvalue weighted by atomic mass is 14.9. The van der Waals surface area contributed by atoms with Gasteiger partial charge in [0.15, 0.2) is 0 Å². The Balaban J connectivity index is 3.05. The predicted octanol–water partition coefficient (Wildman–Crippen LogP) is 5.02. The van der Waals surface area contributed by atoms with Crippen LogP contribution in [-0.2, 0) is 0 Å². The number of allylic oxidation sites excluding steroid dienone is 7. The van der Waals surface area contributed by atoms with Crippen molar-refractivity contribution < 1.29 is 0 Å². The van der Waals surface area contributed by atoms with Crippen molar-refractivity contribution in [1.82, 2.24) is 5.32 Å². The van der Waals surface area contributed by atoms with Crippen LogP contribution in [0.25, 0.3) is 0 Å². The summed E-state index contributed by atoms with van der Waals surface area (Å²) in [5.74, 6) is 0. The van der Waals surface area contributed by atoms with Gasteiger partial charge in [-0.2, -0.15) is 0 Å². The summed E-state index contributed by atoms with van der Waals surface area (Å²) in [7, 11) is 0. The summed E-state index contributed by atoms with van der Waals surface area (Å²) in [6.07, 6.45) is 15.2. The molecule has 1 nitrogen and oxygen atoms in total. The van der Waals surface area contributed by atoms with E-state index in [1.54, 1.807) is 0 Å². The predicted molar refractivity (Wildman–Crippen MR) is 81.2 cm³/mol. The highest BCUT2D eigenvalue weighted by Crippen LogP contribution is 2.16. The SMILES string of the molecule is C=C1/C=C\CC\C(C)=C/C=C(/C(=C\CC)CC)N1. The lowest BCUT2D eigenvalue weighted by Crippen LogP contribution is -2.12. The molecule has 1 aliphatic rings. The lowest BCUT2D eigenvalue weighted by Gasteiger charge is -2.14. The van der Waals surface area contributed by atoms with Crippen molar-refractivity contribution in [2.45, 2.75) is 46.5 Å². The molecule has 0 saturated heterocycles. The lowest BCUT2D eigenvalue weighted by atomic mass is 10.0. The third-order valence-electron chi connectivity index (χ3n) is 3.03. The monoisotopic (exact) mass is 243 g/mol. The maximum Gasteiger partial charge on any atom is 0.0413 e. The number of rotatable bonds is 3. The first-order valence-corrected chi connectivity index (χ1v) is 6.86. The molecule has 0 aromatic carbocycles. The second-order valence-electron chi connectivity index (χ2n) is 4.68. The van der Waals surface area contributed by atoms with E-state index in [4.69, 9.17) is 0 Å². The van der Waals surface area contributed by atoms with Crippen LogP contribution in [0, 0.1) is 0 Å². The first-order chi connectivity index (χ1) is 8.67. The van der Waals surface area contributed by atoms with Crippen LogP contribution in [0.5, 0.6) is 0 Å². The topological polar surface area (TPSA) is 12.0 Å². The Morgan fingerprint density at radius 2 is 2.17 bits per heavy atom. The van der Waals surface area contributed by atoms with Gasteiger partial charge in [0, 0.05) is 11.4 Å². The Hall–Kier alpha value is -1.50. The molecule has 1 rings (SSSR count). The highest BCUT2D eigenvalue weighted by molar-refractivity contribution is 5.37.